The largest absolute Gasteiger partial charge is 0.497 e. The topological polar surface area (TPSA) is 62.7 Å². The number of methoxy groups -OCH3 is 1. The van der Waals surface area contributed by atoms with Crippen molar-refractivity contribution in [2.24, 2.45) is 11.8 Å². The quantitative estimate of drug-likeness (QED) is 0.426. The second-order valence-electron chi connectivity index (χ2n) is 9.94. The Morgan fingerprint density at radius 2 is 2.15 bits per heavy atom. The Labute approximate surface area is 201 Å². The van der Waals surface area contributed by atoms with Crippen molar-refractivity contribution in [2.45, 2.75) is 57.4 Å². The lowest BCUT2D eigenvalue weighted by Gasteiger charge is -2.37. The van der Waals surface area contributed by atoms with Gasteiger partial charge in [-0.25, -0.2) is 4.39 Å². The molecule has 1 fully saturated rings. The van der Waals surface area contributed by atoms with Gasteiger partial charge in [-0.1, -0.05) is 20.8 Å². The highest BCUT2D eigenvalue weighted by molar-refractivity contribution is 8.00. The summed E-state index contributed by atoms with van der Waals surface area (Å²) in [7, 11) is 1.59. The van der Waals surface area contributed by atoms with Crippen molar-refractivity contribution in [2.75, 3.05) is 32.5 Å². The third-order valence-electron chi connectivity index (χ3n) is 6.42. The van der Waals surface area contributed by atoms with Crippen molar-refractivity contribution in [3.63, 3.8) is 0 Å². The Bertz CT molecular complexity index is 933. The number of ether oxygens (including phenoxy) is 1. The molecule has 0 amide bonds. The number of thioether (sulfide) groups is 1. The van der Waals surface area contributed by atoms with E-state index >= 15 is 4.39 Å². The van der Waals surface area contributed by atoms with Crippen molar-refractivity contribution < 1.29 is 19.0 Å². The maximum Gasteiger partial charge on any atom is 0.308 e. The lowest BCUT2D eigenvalue weighted by molar-refractivity contribution is -0.146. The van der Waals surface area contributed by atoms with Crippen LogP contribution >= 0.6 is 11.8 Å². The number of carboxylic acids is 1. The van der Waals surface area contributed by atoms with Gasteiger partial charge in [0, 0.05) is 22.9 Å². The summed E-state index contributed by atoms with van der Waals surface area (Å²) >= 11 is 1.95. The van der Waals surface area contributed by atoms with Gasteiger partial charge >= 0.3 is 5.97 Å². The molecule has 1 aromatic carbocycles. The lowest BCUT2D eigenvalue weighted by Crippen LogP contribution is -2.44. The number of rotatable bonds is 10. The molecule has 2 aromatic rings. The number of hydrogen-bond donors (Lipinski definition) is 1. The molecule has 33 heavy (non-hydrogen) atoms. The molecule has 1 N–H and O–H groups in total. The minimum Gasteiger partial charge on any atom is -0.497 e. The molecule has 1 aromatic heterocycles. The molecule has 0 radical (unpaired) electrons. The first-order chi connectivity index (χ1) is 15.7. The van der Waals surface area contributed by atoms with Crippen LogP contribution in [0.3, 0.4) is 0 Å². The Hall–Kier alpha value is -1.86. The van der Waals surface area contributed by atoms with Crippen LogP contribution in [0.25, 0.3) is 10.9 Å². The first-order valence-corrected chi connectivity index (χ1v) is 12.8. The monoisotopic (exact) mass is 476 g/mol. The van der Waals surface area contributed by atoms with Crippen LogP contribution in [-0.4, -0.2) is 58.2 Å². The summed E-state index contributed by atoms with van der Waals surface area (Å²) < 4.78 is 20.9. The van der Waals surface area contributed by atoms with Gasteiger partial charge in [-0.2, -0.15) is 11.8 Å². The average Bonchev–Trinajstić information content (AvgIpc) is 2.79. The molecule has 3 rings (SSSR count). The van der Waals surface area contributed by atoms with Gasteiger partial charge in [0.2, 0.25) is 0 Å². The zero-order chi connectivity index (χ0) is 24.0. The zero-order valence-corrected chi connectivity index (χ0v) is 21.0. The average molecular weight is 477 g/mol. The predicted molar refractivity (Wildman–Crippen MR) is 134 cm³/mol. The number of aliphatic carboxylic acids is 1. The van der Waals surface area contributed by atoms with Crippen LogP contribution in [0.15, 0.2) is 30.5 Å². The van der Waals surface area contributed by atoms with E-state index in [1.165, 1.54) is 0 Å². The van der Waals surface area contributed by atoms with Crippen molar-refractivity contribution in [1.82, 2.24) is 9.88 Å². The van der Waals surface area contributed by atoms with Gasteiger partial charge in [0.05, 0.1) is 18.5 Å². The number of halogens is 1. The van der Waals surface area contributed by atoms with E-state index in [0.29, 0.717) is 30.7 Å². The molecule has 0 unspecified atom stereocenters. The van der Waals surface area contributed by atoms with Crippen molar-refractivity contribution in [3.05, 3.63) is 36.0 Å². The van der Waals surface area contributed by atoms with Crippen LogP contribution in [0.1, 0.15) is 58.2 Å². The van der Waals surface area contributed by atoms with Gasteiger partial charge in [0.1, 0.15) is 11.9 Å². The van der Waals surface area contributed by atoms with E-state index in [-0.39, 0.29) is 10.7 Å². The van der Waals surface area contributed by atoms with Crippen LogP contribution in [0.2, 0.25) is 0 Å². The smallest absolute Gasteiger partial charge is 0.308 e. The van der Waals surface area contributed by atoms with Gasteiger partial charge < -0.3 is 14.7 Å². The Kier molecular flexibility index (Phi) is 8.99. The van der Waals surface area contributed by atoms with Gasteiger partial charge in [-0.15, -0.1) is 0 Å². The molecule has 0 spiro atoms. The summed E-state index contributed by atoms with van der Waals surface area (Å²) in [5.41, 5.74) is 1.33. The molecule has 1 aliphatic rings. The zero-order valence-electron chi connectivity index (χ0n) is 20.2. The summed E-state index contributed by atoms with van der Waals surface area (Å²) in [5, 5.41) is 10.6. The molecule has 7 heteroatoms. The number of carbonyl (C=O) groups is 1. The Morgan fingerprint density at radius 1 is 1.36 bits per heavy atom. The summed E-state index contributed by atoms with van der Waals surface area (Å²) in [5.74, 6) is 0.556. The fourth-order valence-electron chi connectivity index (χ4n) is 4.63. The Morgan fingerprint density at radius 3 is 2.85 bits per heavy atom. The molecule has 0 bridgehead atoms. The van der Waals surface area contributed by atoms with E-state index in [0.717, 1.165) is 42.6 Å². The first-order valence-electron chi connectivity index (χ1n) is 11.8. The highest BCUT2D eigenvalue weighted by Crippen LogP contribution is 2.35. The predicted octanol–water partition coefficient (Wildman–Crippen LogP) is 5.98. The van der Waals surface area contributed by atoms with Crippen molar-refractivity contribution >= 4 is 28.6 Å². The molecule has 0 saturated carbocycles. The third-order valence-corrected chi connectivity index (χ3v) is 7.78. The number of piperidine rings is 1. The summed E-state index contributed by atoms with van der Waals surface area (Å²) in [4.78, 5) is 18.6. The Balaban J connectivity index is 1.57. The molecule has 0 aliphatic carbocycles. The van der Waals surface area contributed by atoms with Gasteiger partial charge in [-0.3, -0.25) is 9.78 Å². The number of aromatic nitrogens is 1. The summed E-state index contributed by atoms with van der Waals surface area (Å²) in [6.45, 7) is 9.02. The second-order valence-corrected chi connectivity index (χ2v) is 11.9. The van der Waals surface area contributed by atoms with Crippen molar-refractivity contribution in [3.8, 4) is 5.75 Å². The fraction of sp³-hybridized carbons (Fsp3) is 0.615. The minimum atomic E-state index is -1.16. The lowest BCUT2D eigenvalue weighted by atomic mass is 9.81. The molecule has 2 heterocycles. The summed E-state index contributed by atoms with van der Waals surface area (Å²) in [6.07, 6.45) is 3.22. The third kappa shape index (κ3) is 7.31. The number of hydrogen-bond acceptors (Lipinski definition) is 5. The van der Waals surface area contributed by atoms with Crippen LogP contribution in [-0.2, 0) is 4.79 Å². The highest BCUT2D eigenvalue weighted by atomic mass is 32.2. The van der Waals surface area contributed by atoms with E-state index < -0.39 is 18.1 Å². The molecular formula is C26H37FN2O3S. The normalized spacial score (nSPS) is 20.6. The SMILES string of the molecule is COc1ccc2nccc([C@H](F)CC[C@@H]3CCN(CCCSC(C)(C)C)C[C@@H]3C(=O)O)c2c1. The molecule has 5 nitrogen and oxygen atoms in total. The van der Waals surface area contributed by atoms with Crippen LogP contribution in [0.5, 0.6) is 5.75 Å². The molecule has 3 atom stereocenters. The molecule has 1 saturated heterocycles. The van der Waals surface area contributed by atoms with Gasteiger partial charge in [0.15, 0.2) is 0 Å². The molecule has 182 valence electrons. The highest BCUT2D eigenvalue weighted by Gasteiger charge is 2.34. The minimum absolute atomic E-state index is 0.00332. The van der Waals surface area contributed by atoms with Crippen LogP contribution < -0.4 is 4.74 Å². The number of fused-ring (bicyclic) bond motifs is 1. The second kappa shape index (κ2) is 11.5. The number of nitrogens with zero attached hydrogens (tertiary/aromatic N) is 2. The number of likely N-dealkylation sites (tertiary alicyclic amines) is 1. The fourth-order valence-corrected chi connectivity index (χ4v) is 5.51. The molecule has 1 aliphatic heterocycles. The first kappa shape index (κ1) is 25.8. The van der Waals surface area contributed by atoms with Gasteiger partial charge in [0.25, 0.3) is 0 Å². The number of pyridine rings is 1. The van der Waals surface area contributed by atoms with E-state index in [1.807, 2.05) is 30.0 Å². The summed E-state index contributed by atoms with van der Waals surface area (Å²) in [6, 6.07) is 7.19. The standard InChI is InChI=1S/C26H37FN2O3S/c1-26(2,3)33-15-5-13-29-14-11-18(22(17-29)25(30)31)6-8-23(27)20-10-12-28-24-9-7-19(32-4)16-21(20)24/h7,9-10,12,16,18,22-23H,5-6,8,11,13-15,17H2,1-4H3,(H,30,31)/t18-,22+,23-/m1/s1. The van der Waals surface area contributed by atoms with Crippen LogP contribution in [0.4, 0.5) is 4.39 Å². The van der Waals surface area contributed by atoms with Crippen LogP contribution in [0, 0.1) is 11.8 Å². The van der Waals surface area contributed by atoms with E-state index in [9.17, 15) is 9.90 Å². The van der Waals surface area contributed by atoms with E-state index in [4.69, 9.17) is 4.74 Å². The maximum absolute atomic E-state index is 15.3. The van der Waals surface area contributed by atoms with E-state index in [1.54, 1.807) is 19.4 Å². The van der Waals surface area contributed by atoms with Gasteiger partial charge in [-0.05, 0) is 80.3 Å². The van der Waals surface area contributed by atoms with E-state index in [2.05, 4.69) is 30.7 Å². The number of benzene rings is 1. The molecular weight excluding hydrogens is 439 g/mol. The van der Waals surface area contributed by atoms with Crippen molar-refractivity contribution in [1.29, 1.82) is 0 Å². The number of carboxylic acid groups (broad SMARTS) is 1. The maximum atomic E-state index is 15.3. The number of alkyl halides is 1.